The van der Waals surface area contributed by atoms with Crippen LogP contribution in [0.1, 0.15) is 32.1 Å². The minimum absolute atomic E-state index is 0.0898. The van der Waals surface area contributed by atoms with Crippen LogP contribution in [0.2, 0.25) is 0 Å². The molecule has 2 rings (SSSR count). The molecule has 1 saturated carbocycles. The van der Waals surface area contributed by atoms with Crippen molar-refractivity contribution in [3.8, 4) is 5.75 Å². The number of hydrogen-bond acceptors (Lipinski definition) is 3. The van der Waals surface area contributed by atoms with Gasteiger partial charge in [-0.3, -0.25) is 0 Å². The molecule has 1 aromatic rings. The van der Waals surface area contributed by atoms with E-state index in [4.69, 9.17) is 21.7 Å². The van der Waals surface area contributed by atoms with Gasteiger partial charge >= 0.3 is 0 Å². The molecule has 0 bridgehead atoms. The molecule has 0 atom stereocenters. The Hall–Kier alpha value is -1.33. The summed E-state index contributed by atoms with van der Waals surface area (Å²) in [5.74, 6) is 0.840. The van der Waals surface area contributed by atoms with E-state index in [0.29, 0.717) is 5.11 Å². The number of rotatable bonds is 6. The monoisotopic (exact) mass is 308 g/mol. The highest BCUT2D eigenvalue weighted by atomic mass is 32.1. The average molecular weight is 308 g/mol. The predicted molar refractivity (Wildman–Crippen MR) is 90.0 cm³/mol. The SMILES string of the molecule is COCCC1(NC(=S)Nc2ccc(OC)cc2)CCCC1. The molecule has 0 radical (unpaired) electrons. The van der Waals surface area contributed by atoms with Crippen molar-refractivity contribution < 1.29 is 9.47 Å². The van der Waals surface area contributed by atoms with Gasteiger partial charge in [0.15, 0.2) is 5.11 Å². The summed E-state index contributed by atoms with van der Waals surface area (Å²) in [6.07, 6.45) is 5.80. The molecule has 0 aromatic heterocycles. The Balaban J connectivity index is 1.92. The zero-order chi connectivity index (χ0) is 15.1. The molecular formula is C16H24N2O2S. The number of thiocarbonyl (C=S) groups is 1. The zero-order valence-electron chi connectivity index (χ0n) is 12.8. The van der Waals surface area contributed by atoms with Crippen molar-refractivity contribution in [3.63, 3.8) is 0 Å². The van der Waals surface area contributed by atoms with Crippen molar-refractivity contribution >= 4 is 23.0 Å². The number of methoxy groups -OCH3 is 2. The molecule has 1 fully saturated rings. The first-order valence-electron chi connectivity index (χ1n) is 7.40. The van der Waals surface area contributed by atoms with E-state index in [0.717, 1.165) is 37.3 Å². The van der Waals surface area contributed by atoms with Crippen LogP contribution in [0.5, 0.6) is 5.75 Å². The highest BCUT2D eigenvalue weighted by molar-refractivity contribution is 7.80. The lowest BCUT2D eigenvalue weighted by molar-refractivity contribution is 0.163. The third-order valence-corrected chi connectivity index (χ3v) is 4.28. The summed E-state index contributed by atoms with van der Waals surface area (Å²) >= 11 is 5.46. The van der Waals surface area contributed by atoms with E-state index in [-0.39, 0.29) is 5.54 Å². The number of ether oxygens (including phenoxy) is 2. The second-order valence-electron chi connectivity index (χ2n) is 5.54. The summed E-state index contributed by atoms with van der Waals surface area (Å²) < 4.78 is 10.4. The van der Waals surface area contributed by atoms with E-state index in [1.54, 1.807) is 14.2 Å². The standard InChI is InChI=1S/C16H24N2O2S/c1-19-12-11-16(9-3-4-10-16)18-15(21)17-13-5-7-14(20-2)8-6-13/h5-8H,3-4,9-12H2,1-2H3,(H2,17,18,21). The molecule has 0 spiro atoms. The lowest BCUT2D eigenvalue weighted by Crippen LogP contribution is -2.48. The summed E-state index contributed by atoms with van der Waals surface area (Å²) in [6.45, 7) is 0.762. The first-order chi connectivity index (χ1) is 10.2. The Bertz CT molecular complexity index is 456. The van der Waals surface area contributed by atoms with E-state index < -0.39 is 0 Å². The van der Waals surface area contributed by atoms with Gasteiger partial charge in [-0.1, -0.05) is 12.8 Å². The molecule has 5 heteroatoms. The first kappa shape index (κ1) is 16.0. The minimum atomic E-state index is 0.0898. The van der Waals surface area contributed by atoms with Gasteiger partial charge in [0, 0.05) is 24.9 Å². The fraction of sp³-hybridized carbons (Fsp3) is 0.562. The Morgan fingerprint density at radius 3 is 2.43 bits per heavy atom. The van der Waals surface area contributed by atoms with Gasteiger partial charge in [0.25, 0.3) is 0 Å². The molecule has 4 nitrogen and oxygen atoms in total. The smallest absolute Gasteiger partial charge is 0.171 e. The van der Waals surface area contributed by atoms with E-state index >= 15 is 0 Å². The van der Waals surface area contributed by atoms with Gasteiger partial charge in [-0.05, 0) is 55.7 Å². The molecule has 1 aliphatic rings. The van der Waals surface area contributed by atoms with Crippen molar-refractivity contribution in [2.45, 2.75) is 37.6 Å². The summed E-state index contributed by atoms with van der Waals surface area (Å²) in [5, 5.41) is 7.44. The Kier molecular flexibility index (Phi) is 5.82. The second-order valence-corrected chi connectivity index (χ2v) is 5.95. The van der Waals surface area contributed by atoms with Crippen LogP contribution in [0.4, 0.5) is 5.69 Å². The van der Waals surface area contributed by atoms with Gasteiger partial charge in [0.05, 0.1) is 7.11 Å². The normalized spacial score (nSPS) is 16.5. The van der Waals surface area contributed by atoms with Crippen LogP contribution in [0.3, 0.4) is 0 Å². The lowest BCUT2D eigenvalue weighted by Gasteiger charge is -2.31. The summed E-state index contributed by atoms with van der Waals surface area (Å²) in [6, 6.07) is 7.76. The number of anilines is 1. The Labute approximate surface area is 132 Å². The third kappa shape index (κ3) is 4.58. The Morgan fingerprint density at radius 2 is 1.86 bits per heavy atom. The topological polar surface area (TPSA) is 42.5 Å². The predicted octanol–water partition coefficient (Wildman–Crippen LogP) is 3.33. The van der Waals surface area contributed by atoms with Crippen molar-refractivity contribution in [1.82, 2.24) is 5.32 Å². The van der Waals surface area contributed by atoms with Crippen LogP contribution in [-0.2, 0) is 4.74 Å². The summed E-state index contributed by atoms with van der Waals surface area (Å²) in [5.41, 5.74) is 1.06. The molecule has 1 aromatic carbocycles. The molecule has 21 heavy (non-hydrogen) atoms. The molecule has 2 N–H and O–H groups in total. The van der Waals surface area contributed by atoms with Gasteiger partial charge in [-0.15, -0.1) is 0 Å². The van der Waals surface area contributed by atoms with Crippen LogP contribution in [0.15, 0.2) is 24.3 Å². The van der Waals surface area contributed by atoms with E-state index in [1.807, 2.05) is 24.3 Å². The quantitative estimate of drug-likeness (QED) is 0.789. The van der Waals surface area contributed by atoms with Crippen molar-refractivity contribution in [2.24, 2.45) is 0 Å². The maximum Gasteiger partial charge on any atom is 0.171 e. The van der Waals surface area contributed by atoms with Gasteiger partial charge in [-0.25, -0.2) is 0 Å². The minimum Gasteiger partial charge on any atom is -0.497 e. The van der Waals surface area contributed by atoms with Crippen LogP contribution < -0.4 is 15.4 Å². The number of hydrogen-bond donors (Lipinski definition) is 2. The van der Waals surface area contributed by atoms with Crippen LogP contribution in [0.25, 0.3) is 0 Å². The van der Waals surface area contributed by atoms with E-state index in [2.05, 4.69) is 10.6 Å². The molecule has 0 heterocycles. The maximum absolute atomic E-state index is 5.46. The lowest BCUT2D eigenvalue weighted by atomic mass is 9.94. The molecule has 0 unspecified atom stereocenters. The maximum atomic E-state index is 5.46. The van der Waals surface area contributed by atoms with Crippen LogP contribution in [0, 0.1) is 0 Å². The molecule has 0 saturated heterocycles. The largest absolute Gasteiger partial charge is 0.497 e. The summed E-state index contributed by atoms with van der Waals surface area (Å²) in [4.78, 5) is 0. The van der Waals surface area contributed by atoms with Gasteiger partial charge in [0.1, 0.15) is 5.75 Å². The van der Waals surface area contributed by atoms with E-state index in [9.17, 15) is 0 Å². The van der Waals surface area contributed by atoms with Crippen molar-refractivity contribution in [2.75, 3.05) is 26.1 Å². The van der Waals surface area contributed by atoms with Crippen molar-refractivity contribution in [3.05, 3.63) is 24.3 Å². The highest BCUT2D eigenvalue weighted by Gasteiger charge is 2.33. The molecule has 116 valence electrons. The highest BCUT2D eigenvalue weighted by Crippen LogP contribution is 2.32. The van der Waals surface area contributed by atoms with Gasteiger partial charge in [0.2, 0.25) is 0 Å². The molecule has 0 aliphatic heterocycles. The zero-order valence-corrected chi connectivity index (χ0v) is 13.6. The Morgan fingerprint density at radius 1 is 1.19 bits per heavy atom. The number of benzene rings is 1. The van der Waals surface area contributed by atoms with Crippen LogP contribution >= 0.6 is 12.2 Å². The second kappa shape index (κ2) is 7.61. The molecule has 1 aliphatic carbocycles. The molecular weight excluding hydrogens is 284 g/mol. The fourth-order valence-electron chi connectivity index (χ4n) is 2.86. The first-order valence-corrected chi connectivity index (χ1v) is 7.80. The fourth-order valence-corrected chi connectivity index (χ4v) is 3.20. The average Bonchev–Trinajstić information content (AvgIpc) is 2.94. The number of nitrogens with one attached hydrogen (secondary N) is 2. The van der Waals surface area contributed by atoms with Crippen LogP contribution in [-0.4, -0.2) is 31.5 Å². The van der Waals surface area contributed by atoms with Crippen molar-refractivity contribution in [1.29, 1.82) is 0 Å². The third-order valence-electron chi connectivity index (χ3n) is 4.07. The van der Waals surface area contributed by atoms with Gasteiger partial charge < -0.3 is 20.1 Å². The summed E-state index contributed by atoms with van der Waals surface area (Å²) in [7, 11) is 3.41. The molecule has 0 amide bonds. The van der Waals surface area contributed by atoms with E-state index in [1.165, 1.54) is 12.8 Å². The van der Waals surface area contributed by atoms with Gasteiger partial charge in [-0.2, -0.15) is 0 Å².